The number of thioether (sulfide) groups is 1. The lowest BCUT2D eigenvalue weighted by Crippen LogP contribution is -2.45. The van der Waals surface area contributed by atoms with Crippen molar-refractivity contribution >= 4 is 23.5 Å². The number of nitrogens with one attached hydrogen (secondary N) is 1. The Balaban J connectivity index is 1.97. The largest absolute Gasteiger partial charge is 0.389 e. The summed E-state index contributed by atoms with van der Waals surface area (Å²) in [4.78, 5) is 14.1. The number of nitrogens with zero attached hydrogens (tertiary/aromatic N) is 1. The quantitative estimate of drug-likeness (QED) is 0.881. The Labute approximate surface area is 124 Å². The molecule has 1 fully saturated rings. The third-order valence-corrected chi connectivity index (χ3v) is 4.58. The number of aliphatic hydroxyl groups is 1. The minimum absolute atomic E-state index is 0.0474. The third-order valence-electron chi connectivity index (χ3n) is 3.35. The van der Waals surface area contributed by atoms with Crippen LogP contribution in [0.3, 0.4) is 0 Å². The van der Waals surface area contributed by atoms with Gasteiger partial charge in [0.15, 0.2) is 0 Å². The summed E-state index contributed by atoms with van der Waals surface area (Å²) in [5.74, 6) is 0. The van der Waals surface area contributed by atoms with Crippen LogP contribution in [0, 0.1) is 0 Å². The molecule has 0 aromatic heterocycles. The molecule has 2 amide bonds. The van der Waals surface area contributed by atoms with Gasteiger partial charge in [0.2, 0.25) is 0 Å². The lowest BCUT2D eigenvalue weighted by molar-refractivity contribution is 0.199. The number of carbonyl (C=O) groups excluding carboxylic acids is 1. The Morgan fingerprint density at radius 3 is 2.35 bits per heavy atom. The standard InChI is InChI=1S/C15H22N2O2S/c1-10-8-17(9-11(2)20-10)15(19)16-14-6-4-13(5-7-14)12(3)18/h4-7,10-12,18H,8-9H2,1-3H3,(H,16,19). The van der Waals surface area contributed by atoms with Gasteiger partial charge in [0, 0.05) is 29.3 Å². The van der Waals surface area contributed by atoms with Gasteiger partial charge in [0.05, 0.1) is 6.10 Å². The molecule has 5 heteroatoms. The zero-order chi connectivity index (χ0) is 14.7. The maximum atomic E-state index is 12.2. The summed E-state index contributed by atoms with van der Waals surface area (Å²) in [6.07, 6.45) is -0.486. The van der Waals surface area contributed by atoms with Gasteiger partial charge in [-0.05, 0) is 24.6 Å². The molecule has 2 rings (SSSR count). The molecule has 0 aliphatic carbocycles. The van der Waals surface area contributed by atoms with E-state index in [0.29, 0.717) is 10.5 Å². The van der Waals surface area contributed by atoms with Gasteiger partial charge in [-0.1, -0.05) is 26.0 Å². The summed E-state index contributed by atoms with van der Waals surface area (Å²) in [5.41, 5.74) is 1.61. The molecule has 1 aromatic carbocycles. The Morgan fingerprint density at radius 1 is 1.30 bits per heavy atom. The number of carbonyl (C=O) groups is 1. The van der Waals surface area contributed by atoms with Crippen molar-refractivity contribution < 1.29 is 9.90 Å². The number of aliphatic hydroxyl groups excluding tert-OH is 1. The summed E-state index contributed by atoms with van der Waals surface area (Å²) in [7, 11) is 0. The first-order valence-electron chi connectivity index (χ1n) is 6.95. The van der Waals surface area contributed by atoms with Crippen LogP contribution in [0.4, 0.5) is 10.5 Å². The van der Waals surface area contributed by atoms with Gasteiger partial charge in [-0.2, -0.15) is 11.8 Å². The van der Waals surface area contributed by atoms with Gasteiger partial charge in [-0.25, -0.2) is 4.79 Å². The summed E-state index contributed by atoms with van der Waals surface area (Å²) >= 11 is 1.92. The summed E-state index contributed by atoms with van der Waals surface area (Å²) < 4.78 is 0. The van der Waals surface area contributed by atoms with Crippen molar-refractivity contribution in [1.29, 1.82) is 0 Å². The molecule has 0 saturated carbocycles. The molecule has 0 bridgehead atoms. The summed E-state index contributed by atoms with van der Waals surface area (Å²) in [6, 6.07) is 7.26. The molecule has 1 aromatic rings. The average Bonchev–Trinajstić information content (AvgIpc) is 2.38. The molecule has 2 N–H and O–H groups in total. The van der Waals surface area contributed by atoms with Gasteiger partial charge in [0.25, 0.3) is 0 Å². The molecule has 1 heterocycles. The highest BCUT2D eigenvalue weighted by Gasteiger charge is 2.25. The Morgan fingerprint density at radius 2 is 1.85 bits per heavy atom. The topological polar surface area (TPSA) is 52.6 Å². The zero-order valence-corrected chi connectivity index (χ0v) is 13.0. The van der Waals surface area contributed by atoms with Crippen LogP contribution in [0.5, 0.6) is 0 Å². The van der Waals surface area contributed by atoms with Crippen molar-refractivity contribution in [2.24, 2.45) is 0 Å². The molecule has 110 valence electrons. The van der Waals surface area contributed by atoms with Gasteiger partial charge in [-0.3, -0.25) is 0 Å². The Hall–Kier alpha value is -1.20. The first-order chi connectivity index (χ1) is 9.45. The fourth-order valence-corrected chi connectivity index (χ4v) is 3.72. The third kappa shape index (κ3) is 3.90. The SMILES string of the molecule is CC1CN(C(=O)Nc2ccc(C(C)O)cc2)CC(C)S1. The molecule has 0 radical (unpaired) electrons. The number of rotatable bonds is 2. The molecule has 1 saturated heterocycles. The van der Waals surface area contributed by atoms with Crippen molar-refractivity contribution in [1.82, 2.24) is 4.90 Å². The van der Waals surface area contributed by atoms with E-state index in [0.717, 1.165) is 24.3 Å². The first kappa shape index (κ1) is 15.2. The van der Waals surface area contributed by atoms with Gasteiger partial charge in [0.1, 0.15) is 0 Å². The van der Waals surface area contributed by atoms with Gasteiger partial charge >= 0.3 is 6.03 Å². The zero-order valence-electron chi connectivity index (χ0n) is 12.2. The van der Waals surface area contributed by atoms with Gasteiger partial charge in [-0.15, -0.1) is 0 Å². The number of anilines is 1. The number of benzene rings is 1. The van der Waals surface area contributed by atoms with Crippen LogP contribution < -0.4 is 5.32 Å². The Bertz CT molecular complexity index is 451. The maximum Gasteiger partial charge on any atom is 0.321 e. The maximum absolute atomic E-state index is 12.2. The second kappa shape index (κ2) is 6.50. The smallest absolute Gasteiger partial charge is 0.321 e. The van der Waals surface area contributed by atoms with Crippen LogP contribution in [0.15, 0.2) is 24.3 Å². The first-order valence-corrected chi connectivity index (χ1v) is 7.89. The fourth-order valence-electron chi connectivity index (χ4n) is 2.39. The van der Waals surface area contributed by atoms with E-state index in [1.807, 2.05) is 40.9 Å². The second-order valence-corrected chi connectivity index (χ2v) is 7.27. The molecule has 3 unspecified atom stereocenters. The van der Waals surface area contributed by atoms with Crippen molar-refractivity contribution in [3.63, 3.8) is 0 Å². The van der Waals surface area contributed by atoms with Crippen LogP contribution in [0.25, 0.3) is 0 Å². The molecule has 1 aliphatic rings. The van der Waals surface area contributed by atoms with Gasteiger partial charge < -0.3 is 15.3 Å². The van der Waals surface area contributed by atoms with E-state index in [9.17, 15) is 9.90 Å². The number of hydrogen-bond acceptors (Lipinski definition) is 3. The average molecular weight is 294 g/mol. The number of urea groups is 1. The van der Waals surface area contributed by atoms with Crippen LogP contribution in [0.2, 0.25) is 0 Å². The van der Waals surface area contributed by atoms with E-state index >= 15 is 0 Å². The highest BCUT2D eigenvalue weighted by molar-refractivity contribution is 8.00. The highest BCUT2D eigenvalue weighted by Crippen LogP contribution is 2.25. The molecule has 0 spiro atoms. The normalized spacial score (nSPS) is 24.3. The van der Waals surface area contributed by atoms with Crippen LogP contribution in [-0.2, 0) is 0 Å². The Kier molecular flexibility index (Phi) is 4.94. The van der Waals surface area contributed by atoms with Crippen LogP contribution in [-0.4, -0.2) is 39.6 Å². The predicted octanol–water partition coefficient (Wildman–Crippen LogP) is 3.10. The predicted molar refractivity (Wildman–Crippen MR) is 84.2 cm³/mol. The van der Waals surface area contributed by atoms with Crippen molar-refractivity contribution in [3.05, 3.63) is 29.8 Å². The van der Waals surface area contributed by atoms with Crippen molar-refractivity contribution in [2.45, 2.75) is 37.4 Å². The van der Waals surface area contributed by atoms with E-state index < -0.39 is 6.10 Å². The minimum atomic E-state index is -0.486. The second-order valence-electron chi connectivity index (χ2n) is 5.39. The van der Waals surface area contributed by atoms with Crippen molar-refractivity contribution in [2.75, 3.05) is 18.4 Å². The van der Waals surface area contributed by atoms with E-state index in [-0.39, 0.29) is 6.03 Å². The molecule has 20 heavy (non-hydrogen) atoms. The number of amides is 2. The van der Waals surface area contributed by atoms with E-state index in [1.54, 1.807) is 6.92 Å². The van der Waals surface area contributed by atoms with E-state index in [1.165, 1.54) is 0 Å². The van der Waals surface area contributed by atoms with Crippen molar-refractivity contribution in [3.8, 4) is 0 Å². The molecular formula is C15H22N2O2S. The monoisotopic (exact) mass is 294 g/mol. The minimum Gasteiger partial charge on any atom is -0.389 e. The lowest BCUT2D eigenvalue weighted by atomic mass is 10.1. The molecule has 4 nitrogen and oxygen atoms in total. The molecule has 3 atom stereocenters. The lowest BCUT2D eigenvalue weighted by Gasteiger charge is -2.34. The molecular weight excluding hydrogens is 272 g/mol. The van der Waals surface area contributed by atoms with E-state index in [2.05, 4.69) is 19.2 Å². The number of hydrogen-bond donors (Lipinski definition) is 2. The van der Waals surface area contributed by atoms with Crippen LogP contribution >= 0.6 is 11.8 Å². The highest BCUT2D eigenvalue weighted by atomic mass is 32.2. The van der Waals surface area contributed by atoms with E-state index in [4.69, 9.17) is 0 Å². The molecule has 1 aliphatic heterocycles. The fraction of sp³-hybridized carbons (Fsp3) is 0.533. The summed E-state index contributed by atoms with van der Waals surface area (Å²) in [6.45, 7) is 7.59. The van der Waals surface area contributed by atoms with Crippen LogP contribution in [0.1, 0.15) is 32.4 Å². The summed E-state index contributed by atoms with van der Waals surface area (Å²) in [5, 5.41) is 13.3.